The van der Waals surface area contributed by atoms with Gasteiger partial charge in [0.2, 0.25) is 5.91 Å². The molecule has 1 aromatic rings. The van der Waals surface area contributed by atoms with E-state index in [1.165, 1.54) is 0 Å². The van der Waals surface area contributed by atoms with Crippen molar-refractivity contribution < 1.29 is 14.4 Å². The lowest BCUT2D eigenvalue weighted by molar-refractivity contribution is -0.122. The molecule has 0 radical (unpaired) electrons. The van der Waals surface area contributed by atoms with Crippen LogP contribution in [0.4, 0.5) is 0 Å². The molecule has 0 fully saturated rings. The first-order chi connectivity index (χ1) is 8.34. The predicted octanol–water partition coefficient (Wildman–Crippen LogP) is 1.53. The number of aromatic nitrogens is 1. The van der Waals surface area contributed by atoms with E-state index in [9.17, 15) is 9.90 Å². The molecule has 5 nitrogen and oxygen atoms in total. The molecule has 0 spiro atoms. The minimum absolute atomic E-state index is 0.121. The van der Waals surface area contributed by atoms with E-state index in [4.69, 9.17) is 4.52 Å². The van der Waals surface area contributed by atoms with E-state index < -0.39 is 6.10 Å². The minimum atomic E-state index is -0.522. The second kappa shape index (κ2) is 6.00. The van der Waals surface area contributed by atoms with E-state index in [0.717, 1.165) is 11.3 Å². The largest absolute Gasteiger partial charge is 0.391 e. The summed E-state index contributed by atoms with van der Waals surface area (Å²) in [6.45, 7) is 9.51. The number of aliphatic hydroxyl groups excluding tert-OH is 1. The Morgan fingerprint density at radius 2 is 2.00 bits per heavy atom. The summed E-state index contributed by atoms with van der Waals surface area (Å²) in [6.07, 6.45) is -0.522. The van der Waals surface area contributed by atoms with E-state index >= 15 is 0 Å². The van der Waals surface area contributed by atoms with Gasteiger partial charge >= 0.3 is 0 Å². The van der Waals surface area contributed by atoms with E-state index in [-0.39, 0.29) is 24.3 Å². The molecule has 18 heavy (non-hydrogen) atoms. The SMILES string of the molecule is Cc1noc(C)c1C(C)C(=O)NCC(O)C(C)C. The lowest BCUT2D eigenvalue weighted by Crippen LogP contribution is -2.37. The Hall–Kier alpha value is -1.36. The van der Waals surface area contributed by atoms with Gasteiger partial charge in [-0.25, -0.2) is 0 Å². The van der Waals surface area contributed by atoms with Crippen molar-refractivity contribution in [3.63, 3.8) is 0 Å². The number of rotatable bonds is 5. The van der Waals surface area contributed by atoms with Crippen LogP contribution in [0.25, 0.3) is 0 Å². The van der Waals surface area contributed by atoms with Gasteiger partial charge in [0, 0.05) is 12.1 Å². The molecule has 102 valence electrons. The summed E-state index contributed by atoms with van der Waals surface area (Å²) in [5.41, 5.74) is 1.56. The molecule has 1 amide bonds. The van der Waals surface area contributed by atoms with E-state index in [2.05, 4.69) is 10.5 Å². The van der Waals surface area contributed by atoms with Gasteiger partial charge in [0.1, 0.15) is 5.76 Å². The van der Waals surface area contributed by atoms with Gasteiger partial charge in [-0.2, -0.15) is 0 Å². The molecule has 0 aliphatic rings. The zero-order chi connectivity index (χ0) is 13.9. The Morgan fingerprint density at radius 3 is 2.44 bits per heavy atom. The van der Waals surface area contributed by atoms with Crippen LogP contribution in [0.5, 0.6) is 0 Å². The molecule has 1 rings (SSSR count). The van der Waals surface area contributed by atoms with Crippen LogP contribution in [0.1, 0.15) is 43.7 Å². The fraction of sp³-hybridized carbons (Fsp3) is 0.692. The first-order valence-electron chi connectivity index (χ1n) is 6.23. The summed E-state index contributed by atoms with van der Waals surface area (Å²) in [6, 6.07) is 0. The number of hydrogen-bond acceptors (Lipinski definition) is 4. The summed E-state index contributed by atoms with van der Waals surface area (Å²) in [4.78, 5) is 12.0. The lowest BCUT2D eigenvalue weighted by Gasteiger charge is -2.17. The van der Waals surface area contributed by atoms with E-state index in [1.807, 2.05) is 27.7 Å². The summed E-state index contributed by atoms with van der Waals surface area (Å²) >= 11 is 0. The van der Waals surface area contributed by atoms with Gasteiger partial charge in [-0.3, -0.25) is 4.79 Å². The Balaban J connectivity index is 2.63. The number of nitrogens with zero attached hydrogens (tertiary/aromatic N) is 1. The highest BCUT2D eigenvalue weighted by Crippen LogP contribution is 2.23. The number of carbonyl (C=O) groups is 1. The summed E-state index contributed by atoms with van der Waals surface area (Å²) in [5.74, 6) is 0.346. The van der Waals surface area contributed by atoms with Gasteiger partial charge < -0.3 is 14.9 Å². The van der Waals surface area contributed by atoms with Gasteiger partial charge in [0.05, 0.1) is 17.7 Å². The Morgan fingerprint density at radius 1 is 1.39 bits per heavy atom. The standard InChI is InChI=1S/C13H22N2O3/c1-7(2)11(16)6-14-13(17)8(3)12-9(4)15-18-10(12)5/h7-8,11,16H,6H2,1-5H3,(H,14,17). The zero-order valence-corrected chi connectivity index (χ0v) is 11.7. The van der Waals surface area contributed by atoms with Crippen molar-refractivity contribution in [2.75, 3.05) is 6.54 Å². The van der Waals surface area contributed by atoms with Gasteiger partial charge in [-0.1, -0.05) is 19.0 Å². The van der Waals surface area contributed by atoms with Crippen molar-refractivity contribution in [3.05, 3.63) is 17.0 Å². The Labute approximate surface area is 108 Å². The lowest BCUT2D eigenvalue weighted by atomic mass is 9.98. The average Bonchev–Trinajstić information content (AvgIpc) is 2.64. The molecule has 0 saturated carbocycles. The zero-order valence-electron chi connectivity index (χ0n) is 11.7. The quantitative estimate of drug-likeness (QED) is 0.835. The normalized spacial score (nSPS) is 14.6. The predicted molar refractivity (Wildman–Crippen MR) is 68.2 cm³/mol. The molecule has 0 aliphatic carbocycles. The maximum Gasteiger partial charge on any atom is 0.227 e. The maximum absolute atomic E-state index is 12.0. The molecule has 0 bridgehead atoms. The highest BCUT2D eigenvalue weighted by Gasteiger charge is 2.23. The molecule has 0 saturated heterocycles. The topological polar surface area (TPSA) is 75.4 Å². The van der Waals surface area contributed by atoms with Crippen LogP contribution in [-0.2, 0) is 4.79 Å². The molecular weight excluding hydrogens is 232 g/mol. The van der Waals surface area contributed by atoms with Crippen LogP contribution in [0.3, 0.4) is 0 Å². The maximum atomic E-state index is 12.0. The van der Waals surface area contributed by atoms with Crippen LogP contribution in [0.15, 0.2) is 4.52 Å². The number of nitrogens with one attached hydrogen (secondary N) is 1. The third-order valence-electron chi connectivity index (χ3n) is 3.17. The first kappa shape index (κ1) is 14.7. The van der Waals surface area contributed by atoms with Crippen molar-refractivity contribution >= 4 is 5.91 Å². The molecule has 2 unspecified atom stereocenters. The van der Waals surface area contributed by atoms with Crippen molar-refractivity contribution in [2.24, 2.45) is 5.92 Å². The van der Waals surface area contributed by atoms with Gasteiger partial charge in [0.15, 0.2) is 0 Å². The van der Waals surface area contributed by atoms with Gasteiger partial charge in [0.25, 0.3) is 0 Å². The van der Waals surface area contributed by atoms with Gasteiger partial charge in [-0.15, -0.1) is 0 Å². The van der Waals surface area contributed by atoms with Crippen molar-refractivity contribution in [1.29, 1.82) is 0 Å². The number of aliphatic hydroxyl groups is 1. The van der Waals surface area contributed by atoms with Crippen molar-refractivity contribution in [1.82, 2.24) is 10.5 Å². The smallest absolute Gasteiger partial charge is 0.227 e. The molecule has 0 aliphatic heterocycles. The summed E-state index contributed by atoms with van der Waals surface area (Å²) in [7, 11) is 0. The molecule has 2 atom stereocenters. The highest BCUT2D eigenvalue weighted by atomic mass is 16.5. The van der Waals surface area contributed by atoms with Crippen LogP contribution >= 0.6 is 0 Å². The minimum Gasteiger partial charge on any atom is -0.391 e. The van der Waals surface area contributed by atoms with Crippen LogP contribution < -0.4 is 5.32 Å². The molecule has 1 aromatic heterocycles. The molecule has 5 heteroatoms. The van der Waals surface area contributed by atoms with Crippen molar-refractivity contribution in [2.45, 2.75) is 46.6 Å². The fourth-order valence-electron chi connectivity index (χ4n) is 1.83. The van der Waals surface area contributed by atoms with Crippen LogP contribution in [0.2, 0.25) is 0 Å². The number of amides is 1. The second-order valence-electron chi connectivity index (χ2n) is 5.02. The molecule has 0 aromatic carbocycles. The fourth-order valence-corrected chi connectivity index (χ4v) is 1.83. The number of aryl methyl sites for hydroxylation is 2. The number of hydrogen-bond donors (Lipinski definition) is 2. The van der Waals surface area contributed by atoms with Crippen LogP contribution in [-0.4, -0.2) is 28.8 Å². The monoisotopic (exact) mass is 254 g/mol. The summed E-state index contributed by atoms with van der Waals surface area (Å²) in [5, 5.41) is 16.2. The third-order valence-corrected chi connectivity index (χ3v) is 3.17. The summed E-state index contributed by atoms with van der Waals surface area (Å²) < 4.78 is 5.05. The number of carbonyl (C=O) groups excluding carboxylic acids is 1. The van der Waals surface area contributed by atoms with Crippen LogP contribution in [0, 0.1) is 19.8 Å². The second-order valence-corrected chi connectivity index (χ2v) is 5.02. The van der Waals surface area contributed by atoms with Crippen molar-refractivity contribution in [3.8, 4) is 0 Å². The highest BCUT2D eigenvalue weighted by molar-refractivity contribution is 5.83. The molecule has 2 N–H and O–H groups in total. The average molecular weight is 254 g/mol. The Bertz CT molecular complexity index is 393. The van der Waals surface area contributed by atoms with E-state index in [1.54, 1.807) is 6.92 Å². The molecular formula is C13H22N2O3. The first-order valence-corrected chi connectivity index (χ1v) is 6.23. The third kappa shape index (κ3) is 3.32. The van der Waals surface area contributed by atoms with E-state index in [0.29, 0.717) is 5.76 Å². The molecule has 1 heterocycles. The Kier molecular flexibility index (Phi) is 4.90. The van der Waals surface area contributed by atoms with Gasteiger partial charge in [-0.05, 0) is 26.7 Å².